The van der Waals surface area contributed by atoms with E-state index in [1.165, 1.54) is 36.8 Å². The molecule has 5 rings (SSSR count). The van der Waals surface area contributed by atoms with Gasteiger partial charge in [0.15, 0.2) is 0 Å². The van der Waals surface area contributed by atoms with Crippen LogP contribution in [0.1, 0.15) is 48.6 Å². The highest BCUT2D eigenvalue weighted by Gasteiger charge is 2.37. The van der Waals surface area contributed by atoms with Crippen molar-refractivity contribution >= 4 is 11.4 Å². The van der Waals surface area contributed by atoms with E-state index in [4.69, 9.17) is 9.47 Å². The summed E-state index contributed by atoms with van der Waals surface area (Å²) in [4.78, 5) is 4.55. The van der Waals surface area contributed by atoms with Gasteiger partial charge in [-0.3, -0.25) is 0 Å². The first kappa shape index (κ1) is 14.4. The Morgan fingerprint density at radius 2 is 1.74 bits per heavy atom. The Morgan fingerprint density at radius 1 is 1.00 bits per heavy atom. The van der Waals surface area contributed by atoms with E-state index < -0.39 is 0 Å². The Hall–Kier alpha value is -2.23. The van der Waals surface area contributed by atoms with Crippen LogP contribution in [0.5, 0.6) is 11.6 Å². The lowest BCUT2D eigenvalue weighted by Gasteiger charge is -2.39. The van der Waals surface area contributed by atoms with E-state index in [9.17, 15) is 0 Å². The van der Waals surface area contributed by atoms with Crippen molar-refractivity contribution in [2.45, 2.75) is 37.5 Å². The van der Waals surface area contributed by atoms with Crippen molar-refractivity contribution in [1.82, 2.24) is 4.98 Å². The predicted molar refractivity (Wildman–Crippen MR) is 91.0 cm³/mol. The Kier molecular flexibility index (Phi) is 3.60. The van der Waals surface area contributed by atoms with Crippen molar-refractivity contribution in [3.8, 4) is 11.6 Å². The van der Waals surface area contributed by atoms with E-state index in [-0.39, 0.29) is 0 Å². The van der Waals surface area contributed by atoms with Gasteiger partial charge in [-0.05, 0) is 55.2 Å². The summed E-state index contributed by atoms with van der Waals surface area (Å²) >= 11 is 0. The molecule has 0 aliphatic heterocycles. The normalized spacial score (nSPS) is 21.7. The Bertz CT molecular complexity index is 721. The zero-order chi connectivity index (χ0) is 15.8. The van der Waals surface area contributed by atoms with Crippen LogP contribution in [0.15, 0.2) is 30.5 Å². The molecule has 0 amide bonds. The van der Waals surface area contributed by atoms with E-state index in [2.05, 4.69) is 16.4 Å². The second-order valence-electron chi connectivity index (χ2n) is 6.41. The van der Waals surface area contributed by atoms with E-state index in [0.717, 1.165) is 23.0 Å². The second-order valence-corrected chi connectivity index (χ2v) is 6.41. The first-order valence-electron chi connectivity index (χ1n) is 8.28. The van der Waals surface area contributed by atoms with Crippen molar-refractivity contribution in [2.75, 3.05) is 19.5 Å². The van der Waals surface area contributed by atoms with Crippen LogP contribution in [0.3, 0.4) is 0 Å². The molecule has 2 bridgehead atoms. The number of methoxy groups -OCH3 is 2. The maximum atomic E-state index is 5.55. The smallest absolute Gasteiger partial charge is 0.216 e. The molecule has 1 fully saturated rings. The third-order valence-electron chi connectivity index (χ3n) is 5.21. The van der Waals surface area contributed by atoms with Gasteiger partial charge in [-0.25, -0.2) is 4.98 Å². The first-order chi connectivity index (χ1) is 11.3. The van der Waals surface area contributed by atoms with Gasteiger partial charge in [0.25, 0.3) is 0 Å². The number of hydrogen-bond donors (Lipinski definition) is 1. The number of pyridine rings is 1. The molecular formula is C19H22N2O2. The third kappa shape index (κ3) is 2.42. The van der Waals surface area contributed by atoms with Crippen molar-refractivity contribution in [3.63, 3.8) is 0 Å². The Balaban J connectivity index is 1.76. The number of hydrogen-bond acceptors (Lipinski definition) is 4. The number of benzene rings is 1. The Labute approximate surface area is 136 Å². The third-order valence-corrected chi connectivity index (χ3v) is 5.21. The fourth-order valence-corrected chi connectivity index (χ4v) is 4.15. The highest BCUT2D eigenvalue weighted by Crippen LogP contribution is 2.54. The van der Waals surface area contributed by atoms with Crippen molar-refractivity contribution in [3.05, 3.63) is 41.6 Å². The predicted octanol–water partition coefficient (Wildman–Crippen LogP) is 4.60. The summed E-state index contributed by atoms with van der Waals surface area (Å²) < 4.78 is 10.9. The van der Waals surface area contributed by atoms with Crippen molar-refractivity contribution < 1.29 is 9.47 Å². The van der Waals surface area contributed by atoms with Gasteiger partial charge >= 0.3 is 0 Å². The Morgan fingerprint density at radius 3 is 2.43 bits per heavy atom. The lowest BCUT2D eigenvalue weighted by atomic mass is 9.67. The molecule has 1 N–H and O–H groups in total. The van der Waals surface area contributed by atoms with Crippen LogP contribution in [-0.2, 0) is 0 Å². The molecule has 0 saturated heterocycles. The molecule has 23 heavy (non-hydrogen) atoms. The van der Waals surface area contributed by atoms with E-state index in [1.807, 2.05) is 24.4 Å². The first-order valence-corrected chi connectivity index (χ1v) is 8.28. The van der Waals surface area contributed by atoms with E-state index >= 15 is 0 Å². The maximum Gasteiger partial charge on any atom is 0.216 e. The molecule has 1 aromatic carbocycles. The van der Waals surface area contributed by atoms with Gasteiger partial charge in [-0.15, -0.1) is 0 Å². The van der Waals surface area contributed by atoms with Crippen LogP contribution >= 0.6 is 0 Å². The number of aromatic nitrogens is 1. The number of fused-ring (bicyclic) bond motifs is 2. The molecule has 1 saturated carbocycles. The van der Waals surface area contributed by atoms with Gasteiger partial charge < -0.3 is 14.8 Å². The molecule has 120 valence electrons. The van der Waals surface area contributed by atoms with Crippen LogP contribution in [0, 0.1) is 0 Å². The molecule has 0 spiro atoms. The number of nitrogens with one attached hydrogen (secondary N) is 1. The molecule has 2 aromatic rings. The summed E-state index contributed by atoms with van der Waals surface area (Å²) in [7, 11) is 3.41. The van der Waals surface area contributed by atoms with Crippen LogP contribution in [-0.4, -0.2) is 19.2 Å². The largest absolute Gasteiger partial charge is 0.497 e. The number of rotatable bonds is 4. The quantitative estimate of drug-likeness (QED) is 0.896. The summed E-state index contributed by atoms with van der Waals surface area (Å²) in [6.45, 7) is 0. The zero-order valence-electron chi connectivity index (χ0n) is 13.6. The highest BCUT2D eigenvalue weighted by atomic mass is 16.5. The minimum absolute atomic E-state index is 0.601. The van der Waals surface area contributed by atoms with Crippen molar-refractivity contribution in [2.24, 2.45) is 0 Å². The van der Waals surface area contributed by atoms with Crippen LogP contribution in [0.2, 0.25) is 0 Å². The minimum atomic E-state index is 0.601. The lowest BCUT2D eigenvalue weighted by molar-refractivity contribution is 0.329. The fraction of sp³-hybridized carbons (Fsp3) is 0.421. The summed E-state index contributed by atoms with van der Waals surface area (Å²) in [5, 5.41) is 3.54. The number of anilines is 2. The molecule has 0 atom stereocenters. The minimum Gasteiger partial charge on any atom is -0.497 e. The molecule has 4 nitrogen and oxygen atoms in total. The number of ether oxygens (including phenoxy) is 2. The SMILES string of the molecule is COc1cccc(Nc2cnc(OC)c3c2C2CCC3CC2)c1. The monoisotopic (exact) mass is 310 g/mol. The van der Waals surface area contributed by atoms with Crippen LogP contribution in [0.25, 0.3) is 0 Å². The van der Waals surface area contributed by atoms with E-state index in [0.29, 0.717) is 11.8 Å². The highest BCUT2D eigenvalue weighted by molar-refractivity contribution is 5.68. The van der Waals surface area contributed by atoms with Gasteiger partial charge in [0.1, 0.15) is 5.75 Å². The standard InChI is InChI=1S/C19H22N2O2/c1-22-15-5-3-4-14(10-15)21-16-11-20-19(23-2)18-13-8-6-12(7-9-13)17(16)18/h3-5,10-13,21H,6-9H2,1-2H3. The second kappa shape index (κ2) is 5.76. The van der Waals surface area contributed by atoms with Gasteiger partial charge in [-0.2, -0.15) is 0 Å². The molecule has 0 unspecified atom stereocenters. The number of nitrogens with zero attached hydrogens (tertiary/aromatic N) is 1. The summed E-state index contributed by atoms with van der Waals surface area (Å²) in [5.74, 6) is 2.89. The summed E-state index contributed by atoms with van der Waals surface area (Å²) in [6, 6.07) is 8.02. The van der Waals surface area contributed by atoms with Crippen LogP contribution in [0.4, 0.5) is 11.4 Å². The zero-order valence-corrected chi connectivity index (χ0v) is 13.6. The molecule has 4 heteroatoms. The average Bonchev–Trinajstić information content (AvgIpc) is 2.63. The van der Waals surface area contributed by atoms with Gasteiger partial charge in [-0.1, -0.05) is 6.07 Å². The molecule has 3 aliphatic carbocycles. The van der Waals surface area contributed by atoms with Gasteiger partial charge in [0.2, 0.25) is 5.88 Å². The van der Waals surface area contributed by atoms with Crippen LogP contribution < -0.4 is 14.8 Å². The topological polar surface area (TPSA) is 43.4 Å². The summed E-state index contributed by atoms with van der Waals surface area (Å²) in [5.41, 5.74) is 4.90. The van der Waals surface area contributed by atoms with Gasteiger partial charge in [0, 0.05) is 17.3 Å². The van der Waals surface area contributed by atoms with Crippen molar-refractivity contribution in [1.29, 1.82) is 0 Å². The molecule has 0 radical (unpaired) electrons. The fourth-order valence-electron chi connectivity index (χ4n) is 4.15. The molecule has 3 aliphatic rings. The van der Waals surface area contributed by atoms with Gasteiger partial charge in [0.05, 0.1) is 26.1 Å². The summed E-state index contributed by atoms with van der Waals surface area (Å²) in [6.07, 6.45) is 6.99. The van der Waals surface area contributed by atoms with E-state index in [1.54, 1.807) is 14.2 Å². The molecule has 1 aromatic heterocycles. The lowest BCUT2D eigenvalue weighted by Crippen LogP contribution is -2.24. The maximum absolute atomic E-state index is 5.55. The molecule has 1 heterocycles. The molecular weight excluding hydrogens is 288 g/mol. The average molecular weight is 310 g/mol.